The van der Waals surface area contributed by atoms with E-state index in [0.29, 0.717) is 12.0 Å². The third-order valence-corrected chi connectivity index (χ3v) is 3.49. The largest absolute Gasteiger partial charge is 0.308 e. The zero-order valence-electron chi connectivity index (χ0n) is 10.0. The monoisotopic (exact) mass is 227 g/mol. The first kappa shape index (κ1) is 10.5. The van der Waals surface area contributed by atoms with Gasteiger partial charge in [-0.1, -0.05) is 30.3 Å². The van der Waals surface area contributed by atoms with Gasteiger partial charge >= 0.3 is 0 Å². The molecule has 88 valence electrons. The first-order valence-electron chi connectivity index (χ1n) is 6.10. The molecule has 0 spiro atoms. The van der Waals surface area contributed by atoms with Gasteiger partial charge in [0.1, 0.15) is 0 Å². The molecule has 3 rings (SSSR count). The molecule has 1 N–H and O–H groups in total. The van der Waals surface area contributed by atoms with E-state index in [1.54, 1.807) is 0 Å². The maximum Gasteiger partial charge on any atom is 0.0518 e. The van der Waals surface area contributed by atoms with E-state index in [1.807, 2.05) is 17.9 Å². The summed E-state index contributed by atoms with van der Waals surface area (Å²) in [5.41, 5.74) is 2.69. The second-order valence-corrected chi connectivity index (χ2v) is 4.69. The molecular formula is C14H17N3. The van der Waals surface area contributed by atoms with Gasteiger partial charge in [-0.3, -0.25) is 4.68 Å². The van der Waals surface area contributed by atoms with Crippen molar-refractivity contribution >= 4 is 0 Å². The van der Waals surface area contributed by atoms with E-state index in [-0.39, 0.29) is 0 Å². The van der Waals surface area contributed by atoms with Gasteiger partial charge in [0.05, 0.1) is 5.69 Å². The third kappa shape index (κ3) is 2.24. The minimum absolute atomic E-state index is 0.632. The molecule has 3 nitrogen and oxygen atoms in total. The lowest BCUT2D eigenvalue weighted by atomic mass is 10.1. The van der Waals surface area contributed by atoms with Crippen LogP contribution >= 0.6 is 0 Å². The summed E-state index contributed by atoms with van der Waals surface area (Å²) in [5.74, 6) is 0.699. The number of hydrogen-bond donors (Lipinski definition) is 1. The minimum atomic E-state index is 0.632. The van der Waals surface area contributed by atoms with E-state index in [2.05, 4.69) is 46.8 Å². The highest BCUT2D eigenvalue weighted by atomic mass is 15.3. The molecule has 1 aromatic carbocycles. The molecule has 17 heavy (non-hydrogen) atoms. The van der Waals surface area contributed by atoms with Crippen LogP contribution in [0.2, 0.25) is 0 Å². The quantitative estimate of drug-likeness (QED) is 0.866. The first-order chi connectivity index (χ1) is 8.34. The van der Waals surface area contributed by atoms with Gasteiger partial charge in [-0.25, -0.2) is 0 Å². The van der Waals surface area contributed by atoms with Crippen molar-refractivity contribution in [2.24, 2.45) is 7.05 Å². The first-order valence-corrected chi connectivity index (χ1v) is 6.10. The summed E-state index contributed by atoms with van der Waals surface area (Å²) in [4.78, 5) is 0. The van der Waals surface area contributed by atoms with E-state index >= 15 is 0 Å². The second-order valence-electron chi connectivity index (χ2n) is 4.69. The normalized spacial score (nSPS) is 22.6. The lowest BCUT2D eigenvalue weighted by Crippen LogP contribution is -2.19. The van der Waals surface area contributed by atoms with E-state index < -0.39 is 0 Å². The minimum Gasteiger partial charge on any atom is -0.308 e. The molecule has 1 fully saturated rings. The fraction of sp³-hybridized carbons (Fsp3) is 0.357. The topological polar surface area (TPSA) is 29.9 Å². The van der Waals surface area contributed by atoms with E-state index in [0.717, 1.165) is 6.54 Å². The van der Waals surface area contributed by atoms with Crippen LogP contribution in [-0.2, 0) is 13.6 Å². The number of rotatable bonds is 4. The van der Waals surface area contributed by atoms with Gasteiger partial charge in [-0.05, 0) is 18.1 Å². The van der Waals surface area contributed by atoms with Crippen LogP contribution in [0.5, 0.6) is 0 Å². The molecule has 0 aliphatic heterocycles. The summed E-state index contributed by atoms with van der Waals surface area (Å²) in [6.07, 6.45) is 3.10. The van der Waals surface area contributed by atoms with Crippen molar-refractivity contribution in [1.29, 1.82) is 0 Å². The molecule has 1 aliphatic carbocycles. The molecule has 0 saturated heterocycles. The molecule has 0 amide bonds. The van der Waals surface area contributed by atoms with E-state index in [1.165, 1.54) is 17.7 Å². The number of benzene rings is 1. The van der Waals surface area contributed by atoms with Crippen LogP contribution in [0.1, 0.15) is 23.6 Å². The highest BCUT2D eigenvalue weighted by molar-refractivity contribution is 5.27. The number of nitrogens with one attached hydrogen (secondary N) is 1. The Labute approximate surface area is 101 Å². The van der Waals surface area contributed by atoms with Crippen LogP contribution in [-0.4, -0.2) is 15.8 Å². The molecular weight excluding hydrogens is 210 g/mol. The Kier molecular flexibility index (Phi) is 2.69. The molecule has 2 unspecified atom stereocenters. The molecule has 3 heteroatoms. The van der Waals surface area contributed by atoms with Crippen LogP contribution in [0, 0.1) is 0 Å². The predicted molar refractivity (Wildman–Crippen MR) is 67.6 cm³/mol. The summed E-state index contributed by atoms with van der Waals surface area (Å²) in [6, 6.07) is 13.4. The Bertz CT molecular complexity index is 489. The van der Waals surface area contributed by atoms with Gasteiger partial charge in [0.2, 0.25) is 0 Å². The summed E-state index contributed by atoms with van der Waals surface area (Å²) in [7, 11) is 1.98. The number of hydrogen-bond acceptors (Lipinski definition) is 2. The van der Waals surface area contributed by atoms with Gasteiger partial charge < -0.3 is 5.32 Å². The Morgan fingerprint density at radius 2 is 2.12 bits per heavy atom. The van der Waals surface area contributed by atoms with Crippen molar-refractivity contribution in [3.05, 3.63) is 53.9 Å². The Morgan fingerprint density at radius 3 is 2.82 bits per heavy atom. The van der Waals surface area contributed by atoms with Crippen molar-refractivity contribution in [3.63, 3.8) is 0 Å². The highest BCUT2D eigenvalue weighted by Gasteiger charge is 2.37. The van der Waals surface area contributed by atoms with Gasteiger partial charge in [0, 0.05) is 31.7 Å². The van der Waals surface area contributed by atoms with Gasteiger partial charge in [0.25, 0.3) is 0 Å². The molecule has 1 aromatic heterocycles. The summed E-state index contributed by atoms with van der Waals surface area (Å²) < 4.78 is 1.92. The molecule has 0 bridgehead atoms. The second kappa shape index (κ2) is 4.34. The van der Waals surface area contributed by atoms with Gasteiger partial charge in [-0.2, -0.15) is 5.10 Å². The lowest BCUT2D eigenvalue weighted by molar-refractivity contribution is 0.616. The van der Waals surface area contributed by atoms with Crippen LogP contribution in [0.25, 0.3) is 0 Å². The van der Waals surface area contributed by atoms with Crippen LogP contribution < -0.4 is 5.32 Å². The summed E-state index contributed by atoms with van der Waals surface area (Å²) in [5, 5.41) is 7.76. The molecule has 1 heterocycles. The van der Waals surface area contributed by atoms with Crippen molar-refractivity contribution in [3.8, 4) is 0 Å². The average molecular weight is 227 g/mol. The Balaban J connectivity index is 1.55. The number of aromatic nitrogens is 2. The fourth-order valence-electron chi connectivity index (χ4n) is 2.30. The van der Waals surface area contributed by atoms with Crippen LogP contribution in [0.15, 0.2) is 42.6 Å². The van der Waals surface area contributed by atoms with Crippen molar-refractivity contribution in [1.82, 2.24) is 15.1 Å². The van der Waals surface area contributed by atoms with Gasteiger partial charge in [0.15, 0.2) is 0 Å². The SMILES string of the molecule is Cn1nccc1CNC1CC1c1ccccc1. The smallest absolute Gasteiger partial charge is 0.0518 e. The van der Waals surface area contributed by atoms with Crippen molar-refractivity contribution in [2.75, 3.05) is 0 Å². The van der Waals surface area contributed by atoms with E-state index in [4.69, 9.17) is 0 Å². The average Bonchev–Trinajstić information content (AvgIpc) is 3.04. The highest BCUT2D eigenvalue weighted by Crippen LogP contribution is 2.40. The zero-order chi connectivity index (χ0) is 11.7. The lowest BCUT2D eigenvalue weighted by Gasteiger charge is -2.04. The van der Waals surface area contributed by atoms with Gasteiger partial charge in [-0.15, -0.1) is 0 Å². The summed E-state index contributed by atoms with van der Waals surface area (Å²) >= 11 is 0. The predicted octanol–water partition coefficient (Wildman–Crippen LogP) is 2.07. The molecule has 1 aliphatic rings. The third-order valence-electron chi connectivity index (χ3n) is 3.49. The molecule has 1 saturated carbocycles. The van der Waals surface area contributed by atoms with Crippen LogP contribution in [0.4, 0.5) is 0 Å². The van der Waals surface area contributed by atoms with Crippen molar-refractivity contribution < 1.29 is 0 Å². The maximum absolute atomic E-state index is 4.17. The number of aryl methyl sites for hydroxylation is 1. The fourth-order valence-corrected chi connectivity index (χ4v) is 2.30. The Morgan fingerprint density at radius 1 is 1.29 bits per heavy atom. The maximum atomic E-state index is 4.17. The number of nitrogens with zero attached hydrogens (tertiary/aromatic N) is 2. The van der Waals surface area contributed by atoms with E-state index in [9.17, 15) is 0 Å². The molecule has 2 aromatic rings. The van der Waals surface area contributed by atoms with Crippen LogP contribution in [0.3, 0.4) is 0 Å². The zero-order valence-corrected chi connectivity index (χ0v) is 10.0. The molecule has 0 radical (unpaired) electrons. The Hall–Kier alpha value is -1.61. The molecule has 2 atom stereocenters. The summed E-state index contributed by atoms with van der Waals surface area (Å²) in [6.45, 7) is 0.907. The van der Waals surface area contributed by atoms with Crippen molar-refractivity contribution in [2.45, 2.75) is 24.9 Å². The standard InChI is InChI=1S/C14H17N3/c1-17-12(7-8-16-17)10-15-14-9-13(14)11-5-3-2-4-6-11/h2-8,13-15H,9-10H2,1H3.